The standard InChI is InChI=1S/C12H12N2O3S/c1-16-8-3-7(4-9(6-8)17-2)5-10-11(15)14-12(13)18-10/h3-6H,1-2H3,(H2,13,14,15)/b10-5-. The van der Waals surface area contributed by atoms with Gasteiger partial charge in [0.1, 0.15) is 11.5 Å². The van der Waals surface area contributed by atoms with Crippen LogP contribution in [0.4, 0.5) is 0 Å². The van der Waals surface area contributed by atoms with Gasteiger partial charge in [0.2, 0.25) is 0 Å². The molecule has 1 aliphatic rings. The van der Waals surface area contributed by atoms with Gasteiger partial charge in [0.25, 0.3) is 5.91 Å². The maximum atomic E-state index is 11.5. The van der Waals surface area contributed by atoms with E-state index in [0.717, 1.165) is 17.3 Å². The molecule has 0 spiro atoms. The van der Waals surface area contributed by atoms with Crippen LogP contribution in [0, 0.1) is 5.41 Å². The van der Waals surface area contributed by atoms with E-state index in [1.165, 1.54) is 0 Å². The number of hydrogen-bond acceptors (Lipinski definition) is 5. The Kier molecular flexibility index (Phi) is 3.57. The molecule has 1 aromatic rings. The molecule has 18 heavy (non-hydrogen) atoms. The van der Waals surface area contributed by atoms with Crippen molar-refractivity contribution in [1.82, 2.24) is 5.32 Å². The predicted octanol–water partition coefficient (Wildman–Crippen LogP) is 1.84. The van der Waals surface area contributed by atoms with Crippen LogP contribution < -0.4 is 14.8 Å². The molecule has 0 aliphatic carbocycles. The van der Waals surface area contributed by atoms with Crippen LogP contribution in [0.3, 0.4) is 0 Å². The van der Waals surface area contributed by atoms with Crippen molar-refractivity contribution < 1.29 is 14.3 Å². The quantitative estimate of drug-likeness (QED) is 0.817. The molecule has 1 amide bonds. The van der Waals surface area contributed by atoms with Crippen LogP contribution in [-0.2, 0) is 4.79 Å². The second-order valence-corrected chi connectivity index (χ2v) is 4.59. The molecular weight excluding hydrogens is 252 g/mol. The van der Waals surface area contributed by atoms with Gasteiger partial charge in [0.05, 0.1) is 19.1 Å². The van der Waals surface area contributed by atoms with Gasteiger partial charge < -0.3 is 14.8 Å². The molecule has 94 valence electrons. The zero-order valence-corrected chi connectivity index (χ0v) is 10.8. The molecule has 0 radical (unpaired) electrons. The number of thioether (sulfide) groups is 1. The topological polar surface area (TPSA) is 71.4 Å². The Morgan fingerprint density at radius 3 is 2.28 bits per heavy atom. The van der Waals surface area contributed by atoms with E-state index < -0.39 is 0 Å². The van der Waals surface area contributed by atoms with Crippen LogP contribution in [0.5, 0.6) is 11.5 Å². The summed E-state index contributed by atoms with van der Waals surface area (Å²) in [5, 5.41) is 9.93. The first kappa shape index (κ1) is 12.5. The first-order valence-corrected chi connectivity index (χ1v) is 5.96. The Labute approximate surface area is 109 Å². The third kappa shape index (κ3) is 2.65. The van der Waals surface area contributed by atoms with Crippen molar-refractivity contribution in [3.05, 3.63) is 28.7 Å². The zero-order chi connectivity index (χ0) is 13.1. The summed E-state index contributed by atoms with van der Waals surface area (Å²) in [5.74, 6) is 1.05. The van der Waals surface area contributed by atoms with Crippen LogP contribution in [0.1, 0.15) is 5.56 Å². The van der Waals surface area contributed by atoms with Crippen LogP contribution in [0.15, 0.2) is 23.1 Å². The molecule has 2 N–H and O–H groups in total. The molecule has 0 atom stereocenters. The minimum atomic E-state index is -0.258. The highest BCUT2D eigenvalue weighted by Crippen LogP contribution is 2.28. The van der Waals surface area contributed by atoms with Crippen LogP contribution in [0.2, 0.25) is 0 Å². The fourth-order valence-corrected chi connectivity index (χ4v) is 2.21. The van der Waals surface area contributed by atoms with Gasteiger partial charge in [0.15, 0.2) is 5.17 Å². The molecule has 1 aromatic carbocycles. The van der Waals surface area contributed by atoms with Gasteiger partial charge in [-0.1, -0.05) is 0 Å². The number of carbonyl (C=O) groups is 1. The number of amidine groups is 1. The van der Waals surface area contributed by atoms with Gasteiger partial charge >= 0.3 is 0 Å². The summed E-state index contributed by atoms with van der Waals surface area (Å²) in [5.41, 5.74) is 0.790. The number of hydrogen-bond donors (Lipinski definition) is 2. The number of carbonyl (C=O) groups excluding carboxylic acids is 1. The molecule has 0 aromatic heterocycles. The zero-order valence-electron chi connectivity index (χ0n) is 9.94. The van der Waals surface area contributed by atoms with Gasteiger partial charge in [-0.3, -0.25) is 10.2 Å². The highest BCUT2D eigenvalue weighted by molar-refractivity contribution is 8.18. The first-order chi connectivity index (χ1) is 8.62. The molecule has 1 saturated heterocycles. The van der Waals surface area contributed by atoms with Crippen LogP contribution in [-0.4, -0.2) is 25.3 Å². The highest BCUT2D eigenvalue weighted by Gasteiger charge is 2.22. The van der Waals surface area contributed by atoms with Crippen molar-refractivity contribution in [1.29, 1.82) is 5.41 Å². The van der Waals surface area contributed by atoms with E-state index in [4.69, 9.17) is 14.9 Å². The van der Waals surface area contributed by atoms with E-state index in [1.54, 1.807) is 38.5 Å². The van der Waals surface area contributed by atoms with Crippen molar-refractivity contribution in [2.45, 2.75) is 0 Å². The largest absolute Gasteiger partial charge is 0.497 e. The molecule has 1 fully saturated rings. The maximum Gasteiger partial charge on any atom is 0.264 e. The number of amides is 1. The molecule has 2 rings (SSSR count). The number of rotatable bonds is 3. The van der Waals surface area contributed by atoms with Gasteiger partial charge in [-0.15, -0.1) is 0 Å². The molecule has 0 saturated carbocycles. The molecule has 0 unspecified atom stereocenters. The van der Waals surface area contributed by atoms with E-state index in [0.29, 0.717) is 16.4 Å². The first-order valence-electron chi connectivity index (χ1n) is 5.15. The van der Waals surface area contributed by atoms with Crippen LogP contribution >= 0.6 is 11.8 Å². The Balaban J connectivity index is 2.36. The summed E-state index contributed by atoms with van der Waals surface area (Å²) in [6.07, 6.45) is 1.70. The van der Waals surface area contributed by atoms with E-state index >= 15 is 0 Å². The van der Waals surface area contributed by atoms with Crippen molar-refractivity contribution in [2.75, 3.05) is 14.2 Å². The van der Waals surface area contributed by atoms with E-state index in [2.05, 4.69) is 5.32 Å². The van der Waals surface area contributed by atoms with E-state index in [9.17, 15) is 4.79 Å². The Bertz CT molecular complexity index is 518. The number of benzene rings is 1. The second-order valence-electron chi connectivity index (χ2n) is 3.54. The summed E-state index contributed by atoms with van der Waals surface area (Å²) in [6.45, 7) is 0. The minimum Gasteiger partial charge on any atom is -0.497 e. The normalized spacial score (nSPS) is 16.9. The van der Waals surface area contributed by atoms with Gasteiger partial charge in [0, 0.05) is 6.07 Å². The molecule has 6 heteroatoms. The smallest absolute Gasteiger partial charge is 0.264 e. The summed E-state index contributed by atoms with van der Waals surface area (Å²) in [6, 6.07) is 5.35. The maximum absolute atomic E-state index is 11.5. The highest BCUT2D eigenvalue weighted by atomic mass is 32.2. The number of nitrogens with one attached hydrogen (secondary N) is 2. The third-order valence-electron chi connectivity index (χ3n) is 2.33. The molecule has 0 bridgehead atoms. The van der Waals surface area contributed by atoms with Gasteiger partial charge in [-0.2, -0.15) is 0 Å². The SMILES string of the molecule is COc1cc(/C=C2\SC(=N)NC2=O)cc(OC)c1. The number of methoxy groups -OCH3 is 2. The van der Waals surface area contributed by atoms with Crippen molar-refractivity contribution in [3.63, 3.8) is 0 Å². The lowest BCUT2D eigenvalue weighted by atomic mass is 10.2. The lowest BCUT2D eigenvalue weighted by molar-refractivity contribution is -0.115. The molecule has 1 aliphatic heterocycles. The lowest BCUT2D eigenvalue weighted by Gasteiger charge is -2.06. The second kappa shape index (κ2) is 5.14. The monoisotopic (exact) mass is 264 g/mol. The predicted molar refractivity (Wildman–Crippen MR) is 71.0 cm³/mol. The fraction of sp³-hybridized carbons (Fsp3) is 0.167. The Morgan fingerprint density at radius 2 is 1.83 bits per heavy atom. The lowest BCUT2D eigenvalue weighted by Crippen LogP contribution is -2.18. The summed E-state index contributed by atoms with van der Waals surface area (Å²) in [7, 11) is 3.14. The van der Waals surface area contributed by atoms with Crippen molar-refractivity contribution in [3.8, 4) is 11.5 Å². The minimum absolute atomic E-state index is 0.140. The average molecular weight is 264 g/mol. The third-order valence-corrected chi connectivity index (χ3v) is 3.16. The number of ether oxygens (including phenoxy) is 2. The summed E-state index contributed by atoms with van der Waals surface area (Å²) in [4.78, 5) is 12.0. The van der Waals surface area contributed by atoms with E-state index in [-0.39, 0.29) is 11.1 Å². The van der Waals surface area contributed by atoms with Crippen molar-refractivity contribution in [2.24, 2.45) is 0 Å². The van der Waals surface area contributed by atoms with Gasteiger partial charge in [-0.25, -0.2) is 0 Å². The molecule has 1 heterocycles. The van der Waals surface area contributed by atoms with Crippen molar-refractivity contribution >= 4 is 28.9 Å². The summed E-state index contributed by atoms with van der Waals surface area (Å²) < 4.78 is 10.3. The van der Waals surface area contributed by atoms with Gasteiger partial charge in [-0.05, 0) is 35.5 Å². The van der Waals surface area contributed by atoms with E-state index in [1.807, 2.05) is 0 Å². The van der Waals surface area contributed by atoms with Crippen LogP contribution in [0.25, 0.3) is 6.08 Å². The molecule has 5 nitrogen and oxygen atoms in total. The fourth-order valence-electron chi connectivity index (χ4n) is 1.51. The Hall–Kier alpha value is -1.95. The summed E-state index contributed by atoms with van der Waals surface area (Å²) >= 11 is 1.10. The Morgan fingerprint density at radius 1 is 1.22 bits per heavy atom. The average Bonchev–Trinajstić information content (AvgIpc) is 2.67. The molecular formula is C12H12N2O3S.